The van der Waals surface area contributed by atoms with Crippen molar-refractivity contribution >= 4 is 22.9 Å². The first-order valence-corrected chi connectivity index (χ1v) is 12.6. The predicted octanol–water partition coefficient (Wildman–Crippen LogP) is 4.96. The lowest BCUT2D eigenvalue weighted by atomic mass is 9.93. The van der Waals surface area contributed by atoms with Crippen LogP contribution in [0, 0.1) is 0 Å². The fraction of sp³-hybridized carbons (Fsp3) is 0.429. The van der Waals surface area contributed by atoms with Crippen molar-refractivity contribution in [3.05, 3.63) is 48.0 Å². The molecule has 36 heavy (non-hydrogen) atoms. The van der Waals surface area contributed by atoms with Gasteiger partial charge >= 0.3 is 12.0 Å². The number of esters is 1. The highest BCUT2D eigenvalue weighted by atomic mass is 16.5. The monoisotopic (exact) mass is 493 g/mol. The van der Waals surface area contributed by atoms with Gasteiger partial charge in [-0.05, 0) is 62.8 Å². The first-order chi connectivity index (χ1) is 17.5. The summed E-state index contributed by atoms with van der Waals surface area (Å²) in [5.41, 5.74) is 3.91. The van der Waals surface area contributed by atoms with Crippen LogP contribution in [0.1, 0.15) is 44.6 Å². The third-order valence-electron chi connectivity index (χ3n) is 6.72. The summed E-state index contributed by atoms with van der Waals surface area (Å²) in [6, 6.07) is 13.8. The fourth-order valence-electron chi connectivity index (χ4n) is 4.89. The van der Waals surface area contributed by atoms with Crippen LogP contribution in [-0.4, -0.2) is 49.9 Å². The number of amides is 2. The van der Waals surface area contributed by atoms with E-state index < -0.39 is 0 Å². The Morgan fingerprint density at radius 3 is 2.53 bits per heavy atom. The van der Waals surface area contributed by atoms with Gasteiger partial charge in [-0.25, -0.2) is 4.79 Å². The van der Waals surface area contributed by atoms with Gasteiger partial charge in [-0.2, -0.15) is 0 Å². The lowest BCUT2D eigenvalue weighted by Gasteiger charge is -2.28. The molecule has 2 aromatic carbocycles. The molecule has 3 N–H and O–H groups in total. The smallest absolute Gasteiger partial charge is 0.314 e. The number of aromatic amines is 1. The van der Waals surface area contributed by atoms with Gasteiger partial charge in [0.05, 0.1) is 19.9 Å². The molecular weight excluding hydrogens is 458 g/mol. The summed E-state index contributed by atoms with van der Waals surface area (Å²) in [6.07, 6.45) is 3.84. The van der Waals surface area contributed by atoms with Crippen LogP contribution < -0.4 is 20.1 Å². The van der Waals surface area contributed by atoms with E-state index in [-0.39, 0.29) is 30.6 Å². The molecule has 0 spiro atoms. The normalized spacial score (nSPS) is 17.4. The molecule has 1 aromatic heterocycles. The molecule has 8 nitrogen and oxygen atoms in total. The van der Waals surface area contributed by atoms with E-state index >= 15 is 0 Å². The first kappa shape index (κ1) is 25.4. The van der Waals surface area contributed by atoms with Crippen molar-refractivity contribution in [2.45, 2.75) is 57.6 Å². The van der Waals surface area contributed by atoms with E-state index in [0.717, 1.165) is 53.4 Å². The number of fused-ring (bicyclic) bond motifs is 1. The number of methoxy groups -OCH3 is 2. The molecular formula is C28H35N3O5. The quantitative estimate of drug-likeness (QED) is 0.366. The standard InChI is InChI=1S/C28H35N3O5/c1-4-29-28(33)30-18-9-11-19(12-10-18)36-26(32)16-15-22-21-7-5-6-8-24(21)31-27(22)23-14-13-20(34-2)17-25(23)35-3/h5-8,13-14,17-19,31H,4,9-12,15-16H2,1-3H3,(H2,29,30,33). The van der Waals surface area contributed by atoms with Crippen molar-refractivity contribution in [3.63, 3.8) is 0 Å². The number of urea groups is 1. The average Bonchev–Trinajstić information content (AvgIpc) is 3.26. The molecule has 0 bridgehead atoms. The minimum absolute atomic E-state index is 0.103. The summed E-state index contributed by atoms with van der Waals surface area (Å²) in [5, 5.41) is 6.82. The van der Waals surface area contributed by atoms with E-state index in [1.165, 1.54) is 0 Å². The number of ether oxygens (including phenoxy) is 3. The Hall–Kier alpha value is -3.68. The number of hydrogen-bond donors (Lipinski definition) is 3. The summed E-state index contributed by atoms with van der Waals surface area (Å²) in [4.78, 5) is 28.0. The molecule has 2 amide bonds. The Balaban J connectivity index is 1.42. The maximum absolute atomic E-state index is 12.8. The average molecular weight is 494 g/mol. The first-order valence-electron chi connectivity index (χ1n) is 12.6. The molecule has 8 heteroatoms. The topological polar surface area (TPSA) is 102 Å². The lowest BCUT2D eigenvalue weighted by molar-refractivity contribution is -0.150. The Morgan fingerprint density at radius 2 is 1.81 bits per heavy atom. The van der Waals surface area contributed by atoms with E-state index in [0.29, 0.717) is 24.5 Å². The molecule has 1 aliphatic carbocycles. The summed E-state index contributed by atoms with van der Waals surface area (Å²) < 4.78 is 16.8. The van der Waals surface area contributed by atoms with Gasteiger partial charge in [0.15, 0.2) is 0 Å². The maximum atomic E-state index is 12.8. The van der Waals surface area contributed by atoms with Crippen LogP contribution in [0.4, 0.5) is 4.79 Å². The van der Waals surface area contributed by atoms with Crippen molar-refractivity contribution < 1.29 is 23.8 Å². The van der Waals surface area contributed by atoms with Gasteiger partial charge in [0.25, 0.3) is 0 Å². The number of hydrogen-bond acceptors (Lipinski definition) is 5. The highest BCUT2D eigenvalue weighted by Crippen LogP contribution is 2.38. The van der Waals surface area contributed by atoms with Crippen molar-refractivity contribution in [1.29, 1.82) is 0 Å². The van der Waals surface area contributed by atoms with Gasteiger partial charge in [0, 0.05) is 41.5 Å². The molecule has 0 atom stereocenters. The summed E-state index contributed by atoms with van der Waals surface area (Å²) >= 11 is 0. The highest BCUT2D eigenvalue weighted by molar-refractivity contribution is 5.92. The van der Waals surface area contributed by atoms with Gasteiger partial charge in [-0.3, -0.25) is 4.79 Å². The van der Waals surface area contributed by atoms with Gasteiger partial charge in [-0.15, -0.1) is 0 Å². The van der Waals surface area contributed by atoms with E-state index in [1.807, 2.05) is 43.3 Å². The van der Waals surface area contributed by atoms with Crippen LogP contribution >= 0.6 is 0 Å². The number of rotatable bonds is 9. The van der Waals surface area contributed by atoms with Crippen LogP contribution in [-0.2, 0) is 16.0 Å². The molecule has 192 valence electrons. The Labute approximate surface area is 211 Å². The number of aryl methyl sites for hydroxylation is 1. The van der Waals surface area contributed by atoms with Gasteiger partial charge in [0.1, 0.15) is 17.6 Å². The van der Waals surface area contributed by atoms with E-state index in [9.17, 15) is 9.59 Å². The van der Waals surface area contributed by atoms with Crippen LogP contribution in [0.2, 0.25) is 0 Å². The van der Waals surface area contributed by atoms with Gasteiger partial charge < -0.3 is 29.8 Å². The highest BCUT2D eigenvalue weighted by Gasteiger charge is 2.25. The number of carbonyl (C=O) groups is 2. The molecule has 1 saturated carbocycles. The third-order valence-corrected chi connectivity index (χ3v) is 6.72. The zero-order chi connectivity index (χ0) is 25.5. The van der Waals surface area contributed by atoms with Crippen LogP contribution in [0.3, 0.4) is 0 Å². The second-order valence-electron chi connectivity index (χ2n) is 9.06. The van der Waals surface area contributed by atoms with Crippen molar-refractivity contribution in [2.75, 3.05) is 20.8 Å². The molecule has 0 unspecified atom stereocenters. The maximum Gasteiger partial charge on any atom is 0.314 e. The molecule has 3 aromatic rings. The molecule has 0 saturated heterocycles. The number of aromatic nitrogens is 1. The van der Waals surface area contributed by atoms with Crippen LogP contribution in [0.25, 0.3) is 22.2 Å². The number of nitrogens with one attached hydrogen (secondary N) is 3. The number of carbonyl (C=O) groups excluding carboxylic acids is 2. The lowest BCUT2D eigenvalue weighted by Crippen LogP contribution is -2.44. The molecule has 1 heterocycles. The molecule has 1 aliphatic rings. The van der Waals surface area contributed by atoms with Crippen LogP contribution in [0.5, 0.6) is 11.5 Å². The SMILES string of the molecule is CCNC(=O)NC1CCC(OC(=O)CCc2c(-c3ccc(OC)cc3OC)[nH]c3ccccc23)CC1. The summed E-state index contributed by atoms with van der Waals surface area (Å²) in [6.45, 7) is 2.49. The Bertz CT molecular complexity index is 1200. The fourth-order valence-corrected chi connectivity index (χ4v) is 4.89. The van der Waals surface area contributed by atoms with E-state index in [4.69, 9.17) is 14.2 Å². The summed E-state index contributed by atoms with van der Waals surface area (Å²) in [5.74, 6) is 1.21. The Kier molecular flexibility index (Phi) is 8.36. The predicted molar refractivity (Wildman–Crippen MR) is 140 cm³/mol. The number of H-pyrrole nitrogens is 1. The van der Waals surface area contributed by atoms with Gasteiger partial charge in [-0.1, -0.05) is 18.2 Å². The number of benzene rings is 2. The van der Waals surface area contributed by atoms with E-state index in [1.54, 1.807) is 14.2 Å². The summed E-state index contributed by atoms with van der Waals surface area (Å²) in [7, 11) is 3.26. The third kappa shape index (κ3) is 5.93. The minimum atomic E-state index is -0.201. The van der Waals surface area contributed by atoms with Crippen molar-refractivity contribution in [2.24, 2.45) is 0 Å². The van der Waals surface area contributed by atoms with Crippen molar-refractivity contribution in [3.8, 4) is 22.8 Å². The second kappa shape index (κ2) is 11.8. The molecule has 1 fully saturated rings. The van der Waals surface area contributed by atoms with Crippen LogP contribution in [0.15, 0.2) is 42.5 Å². The largest absolute Gasteiger partial charge is 0.497 e. The van der Waals surface area contributed by atoms with Gasteiger partial charge in [0.2, 0.25) is 0 Å². The molecule has 0 radical (unpaired) electrons. The molecule has 4 rings (SSSR count). The molecule has 0 aliphatic heterocycles. The van der Waals surface area contributed by atoms with E-state index in [2.05, 4.69) is 21.7 Å². The minimum Gasteiger partial charge on any atom is -0.497 e. The number of para-hydroxylation sites is 1. The zero-order valence-corrected chi connectivity index (χ0v) is 21.2. The van der Waals surface area contributed by atoms with Crippen molar-refractivity contribution in [1.82, 2.24) is 15.6 Å². The Morgan fingerprint density at radius 1 is 1.03 bits per heavy atom. The zero-order valence-electron chi connectivity index (χ0n) is 21.2. The second-order valence-corrected chi connectivity index (χ2v) is 9.06.